The quantitative estimate of drug-likeness (QED) is 0.764. The van der Waals surface area contributed by atoms with Gasteiger partial charge in [0.2, 0.25) is 0 Å². The molecule has 2 aromatic carbocycles. The molecule has 0 atom stereocenters. The van der Waals surface area contributed by atoms with Crippen molar-refractivity contribution < 1.29 is 0 Å². The average molecular weight is 310 g/mol. The highest BCUT2D eigenvalue weighted by molar-refractivity contribution is 5.57. The fourth-order valence-corrected chi connectivity index (χ4v) is 2.65. The van der Waals surface area contributed by atoms with E-state index in [4.69, 9.17) is 11.5 Å². The summed E-state index contributed by atoms with van der Waals surface area (Å²) in [6.07, 6.45) is 0.770. The Morgan fingerprint density at radius 3 is 1.26 bits per heavy atom. The summed E-state index contributed by atoms with van der Waals surface area (Å²) in [6.45, 7) is 13.2. The smallest absolute Gasteiger partial charge is 0.0352 e. The van der Waals surface area contributed by atoms with Crippen molar-refractivity contribution in [1.82, 2.24) is 0 Å². The van der Waals surface area contributed by atoms with Crippen LogP contribution >= 0.6 is 0 Å². The van der Waals surface area contributed by atoms with Crippen LogP contribution in [0.1, 0.15) is 63.8 Å². The maximum Gasteiger partial charge on any atom is 0.0352 e. The fraction of sp³-hybridized carbons (Fsp3) is 0.429. The number of hydrogen-bond acceptors (Lipinski definition) is 2. The molecule has 0 saturated heterocycles. The predicted octanol–water partition coefficient (Wildman–Crippen LogP) is 5.04. The lowest BCUT2D eigenvalue weighted by Gasteiger charge is -2.22. The van der Waals surface area contributed by atoms with Gasteiger partial charge >= 0.3 is 0 Å². The number of benzene rings is 2. The largest absolute Gasteiger partial charge is 0.398 e. The molecule has 2 nitrogen and oxygen atoms in total. The van der Waals surface area contributed by atoms with Gasteiger partial charge in [-0.1, -0.05) is 65.8 Å². The zero-order chi connectivity index (χ0) is 17.4. The van der Waals surface area contributed by atoms with Crippen molar-refractivity contribution in [2.24, 2.45) is 0 Å². The van der Waals surface area contributed by atoms with Gasteiger partial charge in [0.25, 0.3) is 0 Å². The van der Waals surface area contributed by atoms with Crippen molar-refractivity contribution in [1.29, 1.82) is 0 Å². The highest BCUT2D eigenvalue weighted by Gasteiger charge is 2.17. The van der Waals surface area contributed by atoms with Gasteiger partial charge in [0.15, 0.2) is 0 Å². The standard InChI is InChI=1S/C21H30N2/c1-20(2,3)16-9-7-14(18(22)12-16)11-15-8-10-17(13-19(15)23)21(4,5)6/h7-10,12-13H,11,22-23H2,1-6H3. The molecule has 0 fully saturated rings. The van der Waals surface area contributed by atoms with E-state index < -0.39 is 0 Å². The zero-order valence-corrected chi connectivity index (χ0v) is 15.3. The Hall–Kier alpha value is -1.96. The predicted molar refractivity (Wildman–Crippen MR) is 102 cm³/mol. The summed E-state index contributed by atoms with van der Waals surface area (Å²) in [5, 5.41) is 0. The first-order chi connectivity index (χ1) is 10.5. The van der Waals surface area contributed by atoms with Crippen LogP contribution in [0.3, 0.4) is 0 Å². The van der Waals surface area contributed by atoms with Gasteiger partial charge in [0.05, 0.1) is 0 Å². The first kappa shape index (κ1) is 17.4. The second-order valence-corrected chi connectivity index (χ2v) is 8.50. The summed E-state index contributed by atoms with van der Waals surface area (Å²) in [7, 11) is 0. The third-order valence-corrected chi connectivity index (χ3v) is 4.40. The second kappa shape index (κ2) is 5.92. The van der Waals surface area contributed by atoms with Crippen LogP contribution < -0.4 is 11.5 Å². The fourth-order valence-electron chi connectivity index (χ4n) is 2.65. The van der Waals surface area contributed by atoms with Gasteiger partial charge in [-0.05, 0) is 45.2 Å². The number of rotatable bonds is 2. The molecule has 2 rings (SSSR count). The Bertz CT molecular complexity index is 639. The van der Waals surface area contributed by atoms with E-state index >= 15 is 0 Å². The molecule has 23 heavy (non-hydrogen) atoms. The summed E-state index contributed by atoms with van der Waals surface area (Å²) in [5.74, 6) is 0. The van der Waals surface area contributed by atoms with Crippen LogP contribution in [0.15, 0.2) is 36.4 Å². The van der Waals surface area contributed by atoms with Crippen LogP contribution in [0.2, 0.25) is 0 Å². The highest BCUT2D eigenvalue weighted by atomic mass is 14.6. The first-order valence-electron chi connectivity index (χ1n) is 8.26. The van der Waals surface area contributed by atoms with Crippen LogP contribution in [0.25, 0.3) is 0 Å². The SMILES string of the molecule is CC(C)(C)c1ccc(Cc2ccc(C(C)(C)C)cc2N)c(N)c1. The normalized spacial score (nSPS) is 12.4. The van der Waals surface area contributed by atoms with Gasteiger partial charge in [-0.2, -0.15) is 0 Å². The molecule has 0 spiro atoms. The molecule has 0 aromatic heterocycles. The molecule has 0 saturated carbocycles. The van der Waals surface area contributed by atoms with Crippen molar-refractivity contribution in [3.63, 3.8) is 0 Å². The third kappa shape index (κ3) is 4.07. The molecular formula is C21H30N2. The van der Waals surface area contributed by atoms with Gasteiger partial charge in [-0.15, -0.1) is 0 Å². The van der Waals surface area contributed by atoms with Crippen molar-refractivity contribution in [3.8, 4) is 0 Å². The topological polar surface area (TPSA) is 52.0 Å². The number of hydrogen-bond donors (Lipinski definition) is 2. The molecule has 0 aliphatic carbocycles. The summed E-state index contributed by atoms with van der Waals surface area (Å²) in [5.41, 5.74) is 19.2. The average Bonchev–Trinajstić information content (AvgIpc) is 2.40. The Morgan fingerprint density at radius 1 is 0.652 bits per heavy atom. The van der Waals surface area contributed by atoms with Crippen LogP contribution in [0.5, 0.6) is 0 Å². The van der Waals surface area contributed by atoms with Gasteiger partial charge in [0.1, 0.15) is 0 Å². The summed E-state index contributed by atoms with van der Waals surface area (Å²) < 4.78 is 0. The molecular weight excluding hydrogens is 280 g/mol. The van der Waals surface area contributed by atoms with E-state index in [2.05, 4.69) is 77.9 Å². The van der Waals surface area contributed by atoms with Crippen molar-refractivity contribution in [2.45, 2.75) is 58.8 Å². The highest BCUT2D eigenvalue weighted by Crippen LogP contribution is 2.30. The molecule has 0 amide bonds. The summed E-state index contributed by atoms with van der Waals surface area (Å²) in [4.78, 5) is 0. The van der Waals surface area contributed by atoms with Crippen molar-refractivity contribution >= 4 is 11.4 Å². The molecule has 4 N–H and O–H groups in total. The molecule has 2 aromatic rings. The zero-order valence-electron chi connectivity index (χ0n) is 15.3. The van der Waals surface area contributed by atoms with Crippen LogP contribution in [0.4, 0.5) is 11.4 Å². The van der Waals surface area contributed by atoms with E-state index in [1.165, 1.54) is 11.1 Å². The number of nitrogens with two attached hydrogens (primary N) is 2. The molecule has 2 heteroatoms. The number of anilines is 2. The van der Waals surface area contributed by atoms with E-state index in [0.717, 1.165) is 28.9 Å². The molecule has 124 valence electrons. The van der Waals surface area contributed by atoms with E-state index in [-0.39, 0.29) is 10.8 Å². The molecule has 0 heterocycles. The monoisotopic (exact) mass is 310 g/mol. The Morgan fingerprint density at radius 2 is 1.00 bits per heavy atom. The Kier molecular flexibility index (Phi) is 4.48. The third-order valence-electron chi connectivity index (χ3n) is 4.40. The van der Waals surface area contributed by atoms with Crippen LogP contribution in [-0.4, -0.2) is 0 Å². The molecule has 0 radical (unpaired) electrons. The van der Waals surface area contributed by atoms with Gasteiger partial charge in [-0.25, -0.2) is 0 Å². The minimum absolute atomic E-state index is 0.111. The lowest BCUT2D eigenvalue weighted by molar-refractivity contribution is 0.590. The Balaban J connectivity index is 2.30. The van der Waals surface area contributed by atoms with Crippen LogP contribution in [-0.2, 0) is 17.3 Å². The molecule has 0 aliphatic heterocycles. The van der Waals surface area contributed by atoms with Crippen molar-refractivity contribution in [3.05, 3.63) is 58.7 Å². The van der Waals surface area contributed by atoms with E-state index in [9.17, 15) is 0 Å². The second-order valence-electron chi connectivity index (χ2n) is 8.50. The van der Waals surface area contributed by atoms with Crippen LogP contribution in [0, 0.1) is 0 Å². The molecule has 0 bridgehead atoms. The van der Waals surface area contributed by atoms with E-state index in [1.54, 1.807) is 0 Å². The minimum Gasteiger partial charge on any atom is -0.398 e. The van der Waals surface area contributed by atoms with Gasteiger partial charge in [0, 0.05) is 17.8 Å². The van der Waals surface area contributed by atoms with Crippen molar-refractivity contribution in [2.75, 3.05) is 11.5 Å². The molecule has 0 aliphatic rings. The van der Waals surface area contributed by atoms with Gasteiger partial charge in [-0.3, -0.25) is 0 Å². The number of nitrogen functional groups attached to an aromatic ring is 2. The summed E-state index contributed by atoms with van der Waals surface area (Å²) >= 11 is 0. The lowest BCUT2D eigenvalue weighted by Crippen LogP contribution is -2.13. The lowest BCUT2D eigenvalue weighted by atomic mass is 9.84. The summed E-state index contributed by atoms with van der Waals surface area (Å²) in [6, 6.07) is 12.8. The van der Waals surface area contributed by atoms with E-state index in [1.807, 2.05) is 0 Å². The molecule has 0 unspecified atom stereocenters. The van der Waals surface area contributed by atoms with Gasteiger partial charge < -0.3 is 11.5 Å². The Labute approximate surface area is 140 Å². The minimum atomic E-state index is 0.111. The first-order valence-corrected chi connectivity index (χ1v) is 8.26. The maximum absolute atomic E-state index is 6.27. The van der Waals surface area contributed by atoms with E-state index in [0.29, 0.717) is 0 Å². The maximum atomic E-state index is 6.27.